The average Bonchev–Trinajstić information content (AvgIpc) is 2.03. The molecule has 12 heavy (non-hydrogen) atoms. The molecule has 2 N–H and O–H groups in total. The van der Waals surface area contributed by atoms with Crippen LogP contribution < -0.4 is 5.73 Å². The molecule has 1 rings (SSSR count). The van der Waals surface area contributed by atoms with Gasteiger partial charge in [0.1, 0.15) is 0 Å². The molecule has 0 aromatic rings. The summed E-state index contributed by atoms with van der Waals surface area (Å²) in [5.74, 6) is 0.169. The smallest absolute Gasteiger partial charge is 0.241 e. The van der Waals surface area contributed by atoms with Gasteiger partial charge < -0.3 is 5.73 Å². The Morgan fingerprint density at radius 3 is 3.00 bits per heavy atom. The topological polar surface area (TPSA) is 43.1 Å². The Kier molecular flexibility index (Phi) is 3.09. The van der Waals surface area contributed by atoms with Crippen molar-refractivity contribution in [2.45, 2.75) is 26.2 Å². The largest absolute Gasteiger partial charge is 0.366 e. The maximum Gasteiger partial charge on any atom is 0.241 e. The van der Waals surface area contributed by atoms with E-state index in [0.717, 1.165) is 19.3 Å². The van der Waals surface area contributed by atoms with E-state index in [2.05, 4.69) is 13.0 Å². The molecular weight excluding hydrogens is 150 g/mol. The van der Waals surface area contributed by atoms with E-state index in [1.807, 2.05) is 6.08 Å². The minimum atomic E-state index is -0.346. The van der Waals surface area contributed by atoms with Gasteiger partial charge in [0.05, 0.1) is 0 Å². The third-order valence-electron chi connectivity index (χ3n) is 2.21. The molecule has 1 amide bonds. The number of amides is 1. The van der Waals surface area contributed by atoms with E-state index in [9.17, 15) is 4.79 Å². The Balaban J connectivity index is 2.42. The van der Waals surface area contributed by atoms with Gasteiger partial charge in [-0.05, 0) is 38.2 Å². The van der Waals surface area contributed by atoms with Crippen LogP contribution in [0, 0.1) is 5.92 Å². The first-order chi connectivity index (χ1) is 5.68. The summed E-state index contributed by atoms with van der Waals surface area (Å²) in [4.78, 5) is 10.4. The van der Waals surface area contributed by atoms with Crippen LogP contribution in [-0.2, 0) is 4.79 Å². The molecule has 0 heterocycles. The highest BCUT2D eigenvalue weighted by molar-refractivity contribution is 5.85. The van der Waals surface area contributed by atoms with Crippen LogP contribution in [0.15, 0.2) is 23.8 Å². The van der Waals surface area contributed by atoms with E-state index in [1.165, 1.54) is 11.6 Å². The van der Waals surface area contributed by atoms with Crippen LogP contribution in [0.5, 0.6) is 0 Å². The summed E-state index contributed by atoms with van der Waals surface area (Å²) < 4.78 is 0. The molecule has 1 aliphatic carbocycles. The molecule has 0 spiro atoms. The van der Waals surface area contributed by atoms with E-state index >= 15 is 0 Å². The fraction of sp³-hybridized carbons (Fsp3) is 0.500. The van der Waals surface area contributed by atoms with Gasteiger partial charge in [-0.2, -0.15) is 0 Å². The third-order valence-corrected chi connectivity index (χ3v) is 2.21. The maximum atomic E-state index is 10.4. The Bertz CT molecular complexity index is 228. The van der Waals surface area contributed by atoms with Gasteiger partial charge in [-0.15, -0.1) is 0 Å². The molecule has 1 unspecified atom stereocenters. The minimum absolute atomic E-state index is 0.346. The molecule has 1 atom stereocenters. The predicted octanol–water partition coefficient (Wildman–Crippen LogP) is 1.77. The lowest BCUT2D eigenvalue weighted by atomic mass is 9.90. The van der Waals surface area contributed by atoms with Crippen LogP contribution in [0.4, 0.5) is 0 Å². The Hall–Kier alpha value is -1.05. The van der Waals surface area contributed by atoms with Gasteiger partial charge in [-0.25, -0.2) is 0 Å². The number of carbonyl (C=O) groups is 1. The molecule has 0 saturated heterocycles. The number of hydrogen-bond acceptors (Lipinski definition) is 1. The van der Waals surface area contributed by atoms with Gasteiger partial charge in [0, 0.05) is 0 Å². The van der Waals surface area contributed by atoms with Crippen molar-refractivity contribution in [1.82, 2.24) is 0 Å². The number of carbonyl (C=O) groups excluding carboxylic acids is 1. The molecule has 0 aromatic carbocycles. The molecule has 0 radical (unpaired) electrons. The van der Waals surface area contributed by atoms with Crippen molar-refractivity contribution < 1.29 is 4.79 Å². The van der Waals surface area contributed by atoms with Crippen molar-refractivity contribution in [3.8, 4) is 0 Å². The molecule has 66 valence electrons. The second kappa shape index (κ2) is 4.10. The highest BCUT2D eigenvalue weighted by Gasteiger charge is 2.08. The van der Waals surface area contributed by atoms with Gasteiger partial charge in [0.15, 0.2) is 0 Å². The van der Waals surface area contributed by atoms with Crippen molar-refractivity contribution in [3.05, 3.63) is 23.8 Å². The Morgan fingerprint density at radius 2 is 2.50 bits per heavy atom. The summed E-state index contributed by atoms with van der Waals surface area (Å²) in [7, 11) is 0. The van der Waals surface area contributed by atoms with Crippen molar-refractivity contribution >= 4 is 5.91 Å². The van der Waals surface area contributed by atoms with E-state index in [0.29, 0.717) is 5.92 Å². The minimum Gasteiger partial charge on any atom is -0.366 e. The van der Waals surface area contributed by atoms with Crippen LogP contribution >= 0.6 is 0 Å². The highest BCUT2D eigenvalue weighted by atomic mass is 16.1. The van der Waals surface area contributed by atoms with Gasteiger partial charge in [0.2, 0.25) is 5.91 Å². The first-order valence-corrected chi connectivity index (χ1v) is 4.32. The highest BCUT2D eigenvalue weighted by Crippen LogP contribution is 2.23. The quantitative estimate of drug-likeness (QED) is 0.492. The fourth-order valence-electron chi connectivity index (χ4n) is 1.39. The van der Waals surface area contributed by atoms with E-state index in [4.69, 9.17) is 5.73 Å². The van der Waals surface area contributed by atoms with Crippen molar-refractivity contribution in [2.24, 2.45) is 11.7 Å². The molecule has 2 nitrogen and oxygen atoms in total. The van der Waals surface area contributed by atoms with Gasteiger partial charge in [0.25, 0.3) is 0 Å². The van der Waals surface area contributed by atoms with Crippen LogP contribution in [0.25, 0.3) is 0 Å². The summed E-state index contributed by atoms with van der Waals surface area (Å²) in [6, 6.07) is 0. The molecular formula is C10H15NO. The van der Waals surface area contributed by atoms with Crippen LogP contribution in [0.1, 0.15) is 26.2 Å². The summed E-state index contributed by atoms with van der Waals surface area (Å²) in [5, 5.41) is 0. The molecule has 0 bridgehead atoms. The van der Waals surface area contributed by atoms with Gasteiger partial charge in [-0.1, -0.05) is 17.7 Å². The predicted molar refractivity (Wildman–Crippen MR) is 49.4 cm³/mol. The summed E-state index contributed by atoms with van der Waals surface area (Å²) in [6.45, 7) is 2.15. The third kappa shape index (κ3) is 2.91. The normalized spacial score (nSPS) is 24.1. The SMILES string of the molecule is CC1=CCC(C=CC(N)=O)CC1. The second-order valence-corrected chi connectivity index (χ2v) is 3.35. The zero-order valence-electron chi connectivity index (χ0n) is 7.42. The Morgan fingerprint density at radius 1 is 1.75 bits per heavy atom. The van der Waals surface area contributed by atoms with Crippen LogP contribution in [0.3, 0.4) is 0 Å². The van der Waals surface area contributed by atoms with Crippen molar-refractivity contribution in [2.75, 3.05) is 0 Å². The van der Waals surface area contributed by atoms with Crippen LogP contribution in [-0.4, -0.2) is 5.91 Å². The monoisotopic (exact) mass is 165 g/mol. The molecule has 0 saturated carbocycles. The fourth-order valence-corrected chi connectivity index (χ4v) is 1.39. The number of allylic oxidation sites excluding steroid dienone is 3. The summed E-state index contributed by atoms with van der Waals surface area (Å²) in [6.07, 6.45) is 8.97. The molecule has 0 aliphatic heterocycles. The summed E-state index contributed by atoms with van der Waals surface area (Å²) >= 11 is 0. The van der Waals surface area contributed by atoms with Gasteiger partial charge >= 0.3 is 0 Å². The van der Waals surface area contributed by atoms with E-state index in [-0.39, 0.29) is 5.91 Å². The van der Waals surface area contributed by atoms with E-state index < -0.39 is 0 Å². The summed E-state index contributed by atoms with van der Waals surface area (Å²) in [5.41, 5.74) is 6.45. The number of primary amides is 1. The molecule has 0 aromatic heterocycles. The van der Waals surface area contributed by atoms with Crippen LogP contribution in [0.2, 0.25) is 0 Å². The first kappa shape index (κ1) is 9.04. The zero-order valence-corrected chi connectivity index (χ0v) is 7.42. The second-order valence-electron chi connectivity index (χ2n) is 3.35. The number of nitrogens with two attached hydrogens (primary N) is 1. The first-order valence-electron chi connectivity index (χ1n) is 4.32. The zero-order chi connectivity index (χ0) is 8.97. The maximum absolute atomic E-state index is 10.4. The Labute approximate surface area is 73.1 Å². The molecule has 2 heteroatoms. The van der Waals surface area contributed by atoms with Gasteiger partial charge in [-0.3, -0.25) is 4.79 Å². The molecule has 1 aliphatic rings. The lowest BCUT2D eigenvalue weighted by Gasteiger charge is -2.16. The lowest BCUT2D eigenvalue weighted by Crippen LogP contribution is -2.08. The molecule has 0 fully saturated rings. The van der Waals surface area contributed by atoms with Crippen molar-refractivity contribution in [1.29, 1.82) is 0 Å². The standard InChI is InChI=1S/C10H15NO/c1-8-2-4-9(5-3-8)6-7-10(11)12/h2,6-7,9H,3-5H2,1H3,(H2,11,12). The van der Waals surface area contributed by atoms with E-state index in [1.54, 1.807) is 0 Å². The van der Waals surface area contributed by atoms with Crippen molar-refractivity contribution in [3.63, 3.8) is 0 Å². The average molecular weight is 165 g/mol. The number of rotatable bonds is 2. The lowest BCUT2D eigenvalue weighted by molar-refractivity contribution is -0.113. The number of hydrogen-bond donors (Lipinski definition) is 1.